The molecule has 0 aromatic heterocycles. The van der Waals surface area contributed by atoms with Crippen molar-refractivity contribution in [3.8, 4) is 0 Å². The van der Waals surface area contributed by atoms with Crippen molar-refractivity contribution >= 4 is 0 Å². The Morgan fingerprint density at radius 1 is 1.21 bits per heavy atom. The summed E-state index contributed by atoms with van der Waals surface area (Å²) in [5, 5.41) is 0. The Hall–Kier alpha value is -0.500. The topological polar surface area (TPSA) is 18.5 Å². The lowest BCUT2D eigenvalue weighted by atomic mass is 9.98. The molecule has 1 aliphatic carbocycles. The molecule has 0 aromatic carbocycles. The molecule has 2 nitrogen and oxygen atoms in total. The van der Waals surface area contributed by atoms with Gasteiger partial charge in [-0.15, -0.1) is 0 Å². The standard InChI is InChI=1S/C12H18O2/c1-2-4-9(3-1)8-13-12-7-10-5-6-11(12)14-10/h8,10-12H,1-7H2. The van der Waals surface area contributed by atoms with Crippen molar-refractivity contribution in [1.29, 1.82) is 0 Å². The summed E-state index contributed by atoms with van der Waals surface area (Å²) < 4.78 is 11.6. The number of rotatable bonds is 2. The molecule has 0 spiro atoms. The van der Waals surface area contributed by atoms with Crippen molar-refractivity contribution in [3.05, 3.63) is 11.8 Å². The molecule has 0 amide bonds. The molecule has 0 aromatic rings. The molecule has 2 heterocycles. The minimum Gasteiger partial charge on any atom is -0.495 e. The van der Waals surface area contributed by atoms with E-state index in [0.717, 1.165) is 6.42 Å². The third-order valence-corrected chi connectivity index (χ3v) is 3.71. The lowest BCUT2D eigenvalue weighted by molar-refractivity contribution is 0.0439. The summed E-state index contributed by atoms with van der Waals surface area (Å²) in [6, 6.07) is 0. The lowest BCUT2D eigenvalue weighted by Crippen LogP contribution is -2.23. The Kier molecular flexibility index (Phi) is 2.24. The van der Waals surface area contributed by atoms with Gasteiger partial charge in [-0.2, -0.15) is 0 Å². The third kappa shape index (κ3) is 1.56. The summed E-state index contributed by atoms with van der Waals surface area (Å²) in [5.41, 5.74) is 1.51. The maximum Gasteiger partial charge on any atom is 0.126 e. The monoisotopic (exact) mass is 194 g/mol. The number of ether oxygens (including phenoxy) is 2. The largest absolute Gasteiger partial charge is 0.495 e. The average Bonchev–Trinajstić information content (AvgIpc) is 2.91. The van der Waals surface area contributed by atoms with E-state index in [1.807, 2.05) is 6.26 Å². The average molecular weight is 194 g/mol. The summed E-state index contributed by atoms with van der Waals surface area (Å²) in [7, 11) is 0. The first kappa shape index (κ1) is 8.78. The van der Waals surface area contributed by atoms with Gasteiger partial charge in [0.2, 0.25) is 0 Å². The van der Waals surface area contributed by atoms with Crippen LogP contribution in [0.15, 0.2) is 11.8 Å². The van der Waals surface area contributed by atoms with Crippen LogP contribution in [0, 0.1) is 0 Å². The first-order valence-corrected chi connectivity index (χ1v) is 5.90. The van der Waals surface area contributed by atoms with E-state index in [4.69, 9.17) is 9.47 Å². The van der Waals surface area contributed by atoms with Crippen LogP contribution in [-0.2, 0) is 9.47 Å². The van der Waals surface area contributed by atoms with Crippen molar-refractivity contribution in [2.75, 3.05) is 0 Å². The SMILES string of the molecule is C(OC1CC2CCC1O2)=C1CCCC1. The summed E-state index contributed by atoms with van der Waals surface area (Å²) in [6.07, 6.45) is 12.1. The Morgan fingerprint density at radius 2 is 2.07 bits per heavy atom. The van der Waals surface area contributed by atoms with Gasteiger partial charge in [-0.1, -0.05) is 0 Å². The van der Waals surface area contributed by atoms with E-state index >= 15 is 0 Å². The first-order valence-electron chi connectivity index (χ1n) is 5.90. The molecule has 3 fully saturated rings. The van der Waals surface area contributed by atoms with Crippen molar-refractivity contribution in [1.82, 2.24) is 0 Å². The Bertz CT molecular complexity index is 239. The van der Waals surface area contributed by atoms with Crippen LogP contribution in [0.3, 0.4) is 0 Å². The molecule has 14 heavy (non-hydrogen) atoms. The highest BCUT2D eigenvalue weighted by Gasteiger charge is 2.41. The fraction of sp³-hybridized carbons (Fsp3) is 0.833. The van der Waals surface area contributed by atoms with Crippen LogP contribution in [0.1, 0.15) is 44.9 Å². The molecule has 2 saturated heterocycles. The molecule has 2 bridgehead atoms. The molecule has 3 unspecified atom stereocenters. The van der Waals surface area contributed by atoms with E-state index in [1.165, 1.54) is 44.1 Å². The summed E-state index contributed by atoms with van der Waals surface area (Å²) >= 11 is 0. The van der Waals surface area contributed by atoms with Crippen LogP contribution in [0.5, 0.6) is 0 Å². The van der Waals surface area contributed by atoms with Crippen molar-refractivity contribution in [3.63, 3.8) is 0 Å². The van der Waals surface area contributed by atoms with Crippen LogP contribution in [-0.4, -0.2) is 18.3 Å². The van der Waals surface area contributed by atoms with Crippen LogP contribution >= 0.6 is 0 Å². The van der Waals surface area contributed by atoms with Gasteiger partial charge in [0.25, 0.3) is 0 Å². The smallest absolute Gasteiger partial charge is 0.126 e. The molecule has 1 saturated carbocycles. The lowest BCUT2D eigenvalue weighted by Gasteiger charge is -2.18. The van der Waals surface area contributed by atoms with Gasteiger partial charge in [-0.05, 0) is 44.1 Å². The van der Waals surface area contributed by atoms with Crippen molar-refractivity contribution in [2.24, 2.45) is 0 Å². The van der Waals surface area contributed by atoms with E-state index in [1.54, 1.807) is 0 Å². The summed E-state index contributed by atoms with van der Waals surface area (Å²) in [4.78, 5) is 0. The van der Waals surface area contributed by atoms with Crippen molar-refractivity contribution < 1.29 is 9.47 Å². The summed E-state index contributed by atoms with van der Waals surface area (Å²) in [6.45, 7) is 0. The van der Waals surface area contributed by atoms with Gasteiger partial charge in [0, 0.05) is 6.42 Å². The number of hydrogen-bond acceptors (Lipinski definition) is 2. The van der Waals surface area contributed by atoms with Gasteiger partial charge in [-0.3, -0.25) is 0 Å². The molecule has 0 N–H and O–H groups in total. The molecule has 3 aliphatic rings. The highest BCUT2D eigenvalue weighted by molar-refractivity contribution is 5.03. The first-order chi connectivity index (χ1) is 6.92. The second-order valence-corrected chi connectivity index (χ2v) is 4.77. The maximum absolute atomic E-state index is 5.83. The Labute approximate surface area is 85.3 Å². The van der Waals surface area contributed by atoms with E-state index < -0.39 is 0 Å². The van der Waals surface area contributed by atoms with E-state index in [9.17, 15) is 0 Å². The Morgan fingerprint density at radius 3 is 2.71 bits per heavy atom. The third-order valence-electron chi connectivity index (χ3n) is 3.71. The zero-order valence-electron chi connectivity index (χ0n) is 8.58. The van der Waals surface area contributed by atoms with Crippen LogP contribution in [0.4, 0.5) is 0 Å². The highest BCUT2D eigenvalue weighted by atomic mass is 16.6. The molecule has 78 valence electrons. The summed E-state index contributed by atoms with van der Waals surface area (Å²) in [5.74, 6) is 0. The molecule has 3 rings (SSSR count). The fourth-order valence-electron chi connectivity index (χ4n) is 2.87. The van der Waals surface area contributed by atoms with Gasteiger partial charge in [0.15, 0.2) is 0 Å². The predicted octanol–water partition coefficient (Wildman–Crippen LogP) is 2.78. The normalized spacial score (nSPS) is 40.6. The van der Waals surface area contributed by atoms with Crippen LogP contribution < -0.4 is 0 Å². The van der Waals surface area contributed by atoms with Gasteiger partial charge in [0.05, 0.1) is 18.5 Å². The number of allylic oxidation sites excluding steroid dienone is 1. The fourth-order valence-corrected chi connectivity index (χ4v) is 2.87. The molecule has 2 heteroatoms. The molecule has 2 aliphatic heterocycles. The molecule has 0 radical (unpaired) electrons. The van der Waals surface area contributed by atoms with E-state index in [-0.39, 0.29) is 0 Å². The van der Waals surface area contributed by atoms with Gasteiger partial charge < -0.3 is 9.47 Å². The van der Waals surface area contributed by atoms with Crippen LogP contribution in [0.2, 0.25) is 0 Å². The quantitative estimate of drug-likeness (QED) is 0.629. The van der Waals surface area contributed by atoms with Crippen LogP contribution in [0.25, 0.3) is 0 Å². The number of hydrogen-bond donors (Lipinski definition) is 0. The van der Waals surface area contributed by atoms with E-state index in [0.29, 0.717) is 18.3 Å². The molecular weight excluding hydrogens is 176 g/mol. The molecule has 3 atom stereocenters. The van der Waals surface area contributed by atoms with Crippen molar-refractivity contribution in [2.45, 2.75) is 63.3 Å². The minimum absolute atomic E-state index is 0.363. The van der Waals surface area contributed by atoms with Gasteiger partial charge in [-0.25, -0.2) is 0 Å². The zero-order valence-corrected chi connectivity index (χ0v) is 8.58. The maximum atomic E-state index is 5.83. The molecular formula is C12H18O2. The zero-order chi connectivity index (χ0) is 9.38. The number of fused-ring (bicyclic) bond motifs is 2. The predicted molar refractivity (Wildman–Crippen MR) is 53.9 cm³/mol. The van der Waals surface area contributed by atoms with Gasteiger partial charge in [0.1, 0.15) is 6.10 Å². The van der Waals surface area contributed by atoms with E-state index in [2.05, 4.69) is 0 Å². The second kappa shape index (κ2) is 3.58. The Balaban J connectivity index is 1.55. The highest BCUT2D eigenvalue weighted by Crippen LogP contribution is 2.36. The minimum atomic E-state index is 0.363. The second-order valence-electron chi connectivity index (χ2n) is 4.77. The van der Waals surface area contributed by atoms with Gasteiger partial charge >= 0.3 is 0 Å².